The summed E-state index contributed by atoms with van der Waals surface area (Å²) in [7, 11) is 3.16. The number of rotatable bonds is 3. The number of nitrogens with zero attached hydrogens (tertiary/aromatic N) is 3. The van der Waals surface area contributed by atoms with Crippen molar-refractivity contribution in [2.45, 2.75) is 19.4 Å². The number of benzene rings is 1. The molecule has 1 amide bonds. The molecular weight excluding hydrogens is 332 g/mol. The zero-order valence-electron chi connectivity index (χ0n) is 14.9. The van der Waals surface area contributed by atoms with Gasteiger partial charge in [0.1, 0.15) is 22.5 Å². The molecular formula is C19H20N4O3. The Balaban J connectivity index is 1.73. The molecule has 0 unspecified atom stereocenters. The van der Waals surface area contributed by atoms with Crippen molar-refractivity contribution in [1.29, 1.82) is 0 Å². The van der Waals surface area contributed by atoms with Crippen LogP contribution in [0.1, 0.15) is 34.8 Å². The minimum Gasteiger partial charge on any atom is -0.494 e. The summed E-state index contributed by atoms with van der Waals surface area (Å²) in [6, 6.07) is 7.44. The van der Waals surface area contributed by atoms with Crippen molar-refractivity contribution in [3.63, 3.8) is 0 Å². The largest absolute Gasteiger partial charge is 0.494 e. The van der Waals surface area contributed by atoms with E-state index in [1.807, 2.05) is 24.0 Å². The van der Waals surface area contributed by atoms with Crippen molar-refractivity contribution in [3.8, 4) is 11.5 Å². The molecule has 1 aliphatic rings. The molecule has 7 nitrogen and oxygen atoms in total. The zero-order valence-corrected chi connectivity index (χ0v) is 14.9. The van der Waals surface area contributed by atoms with E-state index in [0.29, 0.717) is 29.1 Å². The molecule has 0 bridgehead atoms. The molecule has 7 heteroatoms. The highest BCUT2D eigenvalue weighted by Crippen LogP contribution is 2.33. The Bertz CT molecular complexity index is 941. The van der Waals surface area contributed by atoms with Gasteiger partial charge in [0.05, 0.1) is 20.3 Å². The third kappa shape index (κ3) is 2.47. The van der Waals surface area contributed by atoms with Crippen molar-refractivity contribution in [2.24, 2.45) is 0 Å². The Kier molecular flexibility index (Phi) is 3.99. The molecule has 3 aromatic rings. The number of ether oxygens (including phenoxy) is 2. The molecule has 1 aliphatic heterocycles. The molecule has 0 aliphatic carbocycles. The molecule has 3 heterocycles. The number of methoxy groups -OCH3 is 2. The van der Waals surface area contributed by atoms with Gasteiger partial charge < -0.3 is 19.4 Å². The summed E-state index contributed by atoms with van der Waals surface area (Å²) in [6.45, 7) is 2.62. The smallest absolute Gasteiger partial charge is 0.290 e. The van der Waals surface area contributed by atoms with Crippen molar-refractivity contribution in [1.82, 2.24) is 19.9 Å². The van der Waals surface area contributed by atoms with Gasteiger partial charge in [0.15, 0.2) is 5.82 Å². The van der Waals surface area contributed by atoms with Crippen molar-refractivity contribution < 1.29 is 14.3 Å². The van der Waals surface area contributed by atoms with E-state index in [1.54, 1.807) is 32.5 Å². The first-order valence-corrected chi connectivity index (χ1v) is 8.49. The van der Waals surface area contributed by atoms with Crippen molar-refractivity contribution in [3.05, 3.63) is 47.5 Å². The van der Waals surface area contributed by atoms with Gasteiger partial charge in [-0.2, -0.15) is 0 Å². The molecule has 0 radical (unpaired) electrons. The van der Waals surface area contributed by atoms with Gasteiger partial charge in [0.2, 0.25) is 0 Å². The number of aromatic nitrogens is 3. The van der Waals surface area contributed by atoms with Crippen LogP contribution in [0, 0.1) is 0 Å². The molecule has 0 saturated heterocycles. The number of fused-ring (bicyclic) bond motifs is 2. The quantitative estimate of drug-likeness (QED) is 0.784. The second kappa shape index (κ2) is 6.33. The number of hydrogen-bond donors (Lipinski definition) is 1. The first-order chi connectivity index (χ1) is 12.6. The van der Waals surface area contributed by atoms with Gasteiger partial charge in [-0.05, 0) is 30.7 Å². The lowest BCUT2D eigenvalue weighted by Gasteiger charge is -2.34. The number of imidazole rings is 1. The Labute approximate surface area is 151 Å². The Morgan fingerprint density at radius 1 is 1.23 bits per heavy atom. The lowest BCUT2D eigenvalue weighted by atomic mass is 9.98. The molecule has 0 fully saturated rings. The van der Waals surface area contributed by atoms with Gasteiger partial charge in [-0.15, -0.1) is 0 Å². The molecule has 26 heavy (non-hydrogen) atoms. The Morgan fingerprint density at radius 3 is 2.77 bits per heavy atom. The average Bonchev–Trinajstić information content (AvgIpc) is 3.12. The summed E-state index contributed by atoms with van der Waals surface area (Å²) in [4.78, 5) is 27.0. The normalized spacial score (nSPS) is 16.4. The summed E-state index contributed by atoms with van der Waals surface area (Å²) >= 11 is 0. The van der Waals surface area contributed by atoms with Crippen molar-refractivity contribution >= 4 is 16.9 Å². The van der Waals surface area contributed by atoms with Crippen molar-refractivity contribution in [2.75, 3.05) is 20.8 Å². The van der Waals surface area contributed by atoms with E-state index in [9.17, 15) is 4.79 Å². The van der Waals surface area contributed by atoms with E-state index in [0.717, 1.165) is 17.7 Å². The predicted molar refractivity (Wildman–Crippen MR) is 96.6 cm³/mol. The Hall–Kier alpha value is -3.09. The number of H-pyrrole nitrogens is 1. The van der Waals surface area contributed by atoms with Gasteiger partial charge >= 0.3 is 0 Å². The molecule has 2 aromatic heterocycles. The SMILES string of the molecule is COc1ccc(OC)c2[nH]c(C(=O)N3CCc4ncccc4[C@H]3C)nc12. The summed E-state index contributed by atoms with van der Waals surface area (Å²) in [6.07, 6.45) is 2.53. The minimum absolute atomic E-state index is 0.0584. The third-order valence-corrected chi connectivity index (χ3v) is 4.91. The summed E-state index contributed by atoms with van der Waals surface area (Å²) in [5.74, 6) is 1.35. The molecule has 1 aromatic carbocycles. The number of carbonyl (C=O) groups excluding carboxylic acids is 1. The van der Waals surface area contributed by atoms with Crippen LogP contribution >= 0.6 is 0 Å². The van der Waals surface area contributed by atoms with E-state index in [-0.39, 0.29) is 17.8 Å². The lowest BCUT2D eigenvalue weighted by molar-refractivity contribution is 0.0665. The molecule has 0 saturated carbocycles. The fourth-order valence-corrected chi connectivity index (χ4v) is 3.52. The molecule has 134 valence electrons. The van der Waals surface area contributed by atoms with Crippen LogP contribution in [-0.4, -0.2) is 46.5 Å². The molecule has 0 spiro atoms. The highest BCUT2D eigenvalue weighted by atomic mass is 16.5. The number of carbonyl (C=O) groups is 1. The van der Waals surface area contributed by atoms with Crippen LogP contribution in [0.5, 0.6) is 11.5 Å². The van der Waals surface area contributed by atoms with E-state index in [1.165, 1.54) is 0 Å². The number of pyridine rings is 1. The van der Waals surface area contributed by atoms with E-state index in [4.69, 9.17) is 9.47 Å². The lowest BCUT2D eigenvalue weighted by Crippen LogP contribution is -2.39. The Morgan fingerprint density at radius 2 is 2.00 bits per heavy atom. The maximum absolute atomic E-state index is 13.1. The van der Waals surface area contributed by atoms with Gasteiger partial charge in [-0.1, -0.05) is 6.07 Å². The van der Waals surface area contributed by atoms with Gasteiger partial charge in [0.25, 0.3) is 5.91 Å². The first kappa shape index (κ1) is 16.4. The monoisotopic (exact) mass is 352 g/mol. The minimum atomic E-state index is -0.146. The number of hydrogen-bond acceptors (Lipinski definition) is 5. The number of aromatic amines is 1. The van der Waals surface area contributed by atoms with Crippen LogP contribution in [0.25, 0.3) is 11.0 Å². The second-order valence-electron chi connectivity index (χ2n) is 6.24. The molecule has 1 N–H and O–H groups in total. The number of nitrogens with one attached hydrogen (secondary N) is 1. The van der Waals surface area contributed by atoms with Crippen LogP contribution in [-0.2, 0) is 6.42 Å². The van der Waals surface area contributed by atoms with Crippen LogP contribution in [0.4, 0.5) is 0 Å². The van der Waals surface area contributed by atoms with Gasteiger partial charge in [-0.25, -0.2) is 4.98 Å². The third-order valence-electron chi connectivity index (χ3n) is 4.91. The first-order valence-electron chi connectivity index (χ1n) is 8.49. The summed E-state index contributed by atoms with van der Waals surface area (Å²) in [5.41, 5.74) is 3.37. The standard InChI is InChI=1S/C19H20N4O3/c1-11-12-5-4-9-20-13(12)8-10-23(11)19(24)18-21-16-14(25-2)6-7-15(26-3)17(16)22-18/h4-7,9,11H,8,10H2,1-3H3,(H,21,22)/t11-/m1/s1. The van der Waals surface area contributed by atoms with E-state index in [2.05, 4.69) is 15.0 Å². The predicted octanol–water partition coefficient (Wildman–Crippen LogP) is 2.73. The van der Waals surface area contributed by atoms with Crippen LogP contribution in [0.3, 0.4) is 0 Å². The number of amides is 1. The van der Waals surface area contributed by atoms with Gasteiger partial charge in [-0.3, -0.25) is 9.78 Å². The van der Waals surface area contributed by atoms with Gasteiger partial charge in [0, 0.05) is 24.9 Å². The van der Waals surface area contributed by atoms with Crippen LogP contribution < -0.4 is 9.47 Å². The zero-order chi connectivity index (χ0) is 18.3. The van der Waals surface area contributed by atoms with E-state index >= 15 is 0 Å². The van der Waals surface area contributed by atoms with Crippen LogP contribution in [0.2, 0.25) is 0 Å². The highest BCUT2D eigenvalue weighted by Gasteiger charge is 2.30. The summed E-state index contributed by atoms with van der Waals surface area (Å²) < 4.78 is 10.7. The molecule has 4 rings (SSSR count). The second-order valence-corrected chi connectivity index (χ2v) is 6.24. The fourth-order valence-electron chi connectivity index (χ4n) is 3.52. The van der Waals surface area contributed by atoms with E-state index < -0.39 is 0 Å². The van der Waals surface area contributed by atoms with Crippen LogP contribution in [0.15, 0.2) is 30.5 Å². The maximum atomic E-state index is 13.1. The summed E-state index contributed by atoms with van der Waals surface area (Å²) in [5, 5.41) is 0. The fraction of sp³-hybridized carbons (Fsp3) is 0.316. The highest BCUT2D eigenvalue weighted by molar-refractivity contribution is 5.97. The molecule has 1 atom stereocenters. The topological polar surface area (TPSA) is 80.3 Å². The average molecular weight is 352 g/mol. The maximum Gasteiger partial charge on any atom is 0.290 e.